The summed E-state index contributed by atoms with van der Waals surface area (Å²) in [5.41, 5.74) is 8.36. The highest BCUT2D eigenvalue weighted by Crippen LogP contribution is 2.33. The van der Waals surface area contributed by atoms with Gasteiger partial charge in [0.2, 0.25) is 0 Å². The van der Waals surface area contributed by atoms with Crippen LogP contribution in [0, 0.1) is 6.92 Å². The Labute approximate surface area is 121 Å². The molecule has 2 heterocycles. The van der Waals surface area contributed by atoms with Crippen LogP contribution in [-0.4, -0.2) is 36.3 Å². The molecule has 1 aliphatic heterocycles. The third-order valence-electron chi connectivity index (χ3n) is 4.42. The third kappa shape index (κ3) is 2.67. The molecular formula is C16H25N3O. The number of aromatic nitrogens is 1. The van der Waals surface area contributed by atoms with Gasteiger partial charge in [0.25, 0.3) is 0 Å². The lowest BCUT2D eigenvalue weighted by atomic mass is 10.1. The summed E-state index contributed by atoms with van der Waals surface area (Å²) in [4.78, 5) is 7.19. The van der Waals surface area contributed by atoms with E-state index in [1.54, 1.807) is 0 Å². The van der Waals surface area contributed by atoms with Crippen LogP contribution in [-0.2, 0) is 11.2 Å². The first kappa shape index (κ1) is 13.8. The Balaban J connectivity index is 1.82. The average molecular weight is 275 g/mol. The summed E-state index contributed by atoms with van der Waals surface area (Å²) in [6.07, 6.45) is 6.99. The monoisotopic (exact) mass is 275 g/mol. The Hall–Kier alpha value is -1.13. The molecule has 0 amide bonds. The molecule has 2 fully saturated rings. The molecule has 2 aliphatic rings. The van der Waals surface area contributed by atoms with E-state index in [2.05, 4.69) is 17.9 Å². The summed E-state index contributed by atoms with van der Waals surface area (Å²) < 4.78 is 5.88. The Bertz CT molecular complexity index is 475. The fourth-order valence-electron chi connectivity index (χ4n) is 3.60. The maximum Gasteiger partial charge on any atom is 0.131 e. The zero-order chi connectivity index (χ0) is 14.1. The fourth-order valence-corrected chi connectivity index (χ4v) is 3.60. The van der Waals surface area contributed by atoms with Crippen LogP contribution in [0.5, 0.6) is 0 Å². The van der Waals surface area contributed by atoms with Gasteiger partial charge in [-0.1, -0.05) is 6.07 Å². The molecular weight excluding hydrogens is 250 g/mol. The summed E-state index contributed by atoms with van der Waals surface area (Å²) in [7, 11) is 0. The molecule has 0 aromatic carbocycles. The predicted octanol–water partition coefficient (Wildman–Crippen LogP) is 2.04. The number of hydrogen-bond donors (Lipinski definition) is 1. The Morgan fingerprint density at radius 3 is 3.10 bits per heavy atom. The first-order chi connectivity index (χ1) is 9.65. The highest BCUT2D eigenvalue weighted by atomic mass is 16.5. The number of hydrogen-bond acceptors (Lipinski definition) is 4. The normalized spacial score (nSPS) is 27.4. The van der Waals surface area contributed by atoms with Crippen molar-refractivity contribution in [2.45, 2.75) is 57.7 Å². The lowest BCUT2D eigenvalue weighted by Gasteiger charge is -2.39. The molecule has 1 aliphatic carbocycles. The molecule has 20 heavy (non-hydrogen) atoms. The summed E-state index contributed by atoms with van der Waals surface area (Å²) in [5, 5.41) is 0. The number of morpholine rings is 1. The lowest BCUT2D eigenvalue weighted by molar-refractivity contribution is 0.0253. The van der Waals surface area contributed by atoms with Crippen LogP contribution in [0.1, 0.15) is 37.3 Å². The van der Waals surface area contributed by atoms with Crippen molar-refractivity contribution >= 4 is 5.82 Å². The van der Waals surface area contributed by atoms with Gasteiger partial charge in [-0.2, -0.15) is 0 Å². The second-order valence-corrected chi connectivity index (χ2v) is 6.27. The molecule has 1 saturated heterocycles. The van der Waals surface area contributed by atoms with Crippen molar-refractivity contribution in [2.24, 2.45) is 5.73 Å². The first-order valence-corrected chi connectivity index (χ1v) is 7.74. The lowest BCUT2D eigenvalue weighted by Crippen LogP contribution is -2.49. The van der Waals surface area contributed by atoms with Gasteiger partial charge in [-0.05, 0) is 50.7 Å². The largest absolute Gasteiger partial charge is 0.374 e. The topological polar surface area (TPSA) is 51.4 Å². The van der Waals surface area contributed by atoms with Crippen molar-refractivity contribution in [3.8, 4) is 0 Å². The maximum absolute atomic E-state index is 5.88. The molecule has 2 N–H and O–H groups in total. The smallest absolute Gasteiger partial charge is 0.131 e. The molecule has 3 rings (SSSR count). The molecule has 1 saturated carbocycles. The number of fused-ring (bicyclic) bond motifs is 1. The number of anilines is 1. The van der Waals surface area contributed by atoms with Crippen molar-refractivity contribution < 1.29 is 4.74 Å². The molecule has 4 heteroatoms. The molecule has 1 aromatic rings. The van der Waals surface area contributed by atoms with E-state index in [-0.39, 0.29) is 6.04 Å². The van der Waals surface area contributed by atoms with Gasteiger partial charge in [0.1, 0.15) is 5.82 Å². The summed E-state index contributed by atoms with van der Waals surface area (Å²) in [6.45, 7) is 5.98. The fraction of sp³-hybridized carbons (Fsp3) is 0.688. The summed E-state index contributed by atoms with van der Waals surface area (Å²) in [6, 6.07) is 2.95. The minimum Gasteiger partial charge on any atom is -0.374 e. The molecule has 1 aromatic heterocycles. The van der Waals surface area contributed by atoms with Gasteiger partial charge in [-0.15, -0.1) is 0 Å². The van der Waals surface area contributed by atoms with Crippen LogP contribution in [0.3, 0.4) is 0 Å². The molecule has 3 unspecified atom stereocenters. The molecule has 0 spiro atoms. The Kier molecular flexibility index (Phi) is 3.94. The predicted molar refractivity (Wildman–Crippen MR) is 81.1 cm³/mol. The third-order valence-corrected chi connectivity index (χ3v) is 4.42. The van der Waals surface area contributed by atoms with E-state index in [9.17, 15) is 0 Å². The second kappa shape index (κ2) is 5.70. The van der Waals surface area contributed by atoms with E-state index in [1.807, 2.05) is 13.1 Å². The van der Waals surface area contributed by atoms with E-state index in [0.717, 1.165) is 25.4 Å². The average Bonchev–Trinajstić information content (AvgIpc) is 2.86. The summed E-state index contributed by atoms with van der Waals surface area (Å²) >= 11 is 0. The van der Waals surface area contributed by atoms with E-state index in [0.29, 0.717) is 12.1 Å². The Morgan fingerprint density at radius 1 is 1.50 bits per heavy atom. The minimum atomic E-state index is 0.185. The molecule has 110 valence electrons. The van der Waals surface area contributed by atoms with E-state index in [4.69, 9.17) is 15.5 Å². The van der Waals surface area contributed by atoms with Gasteiger partial charge in [-0.25, -0.2) is 4.98 Å². The number of nitrogens with two attached hydrogens (primary N) is 1. The zero-order valence-corrected chi connectivity index (χ0v) is 12.5. The second-order valence-electron chi connectivity index (χ2n) is 6.27. The van der Waals surface area contributed by atoms with Gasteiger partial charge in [-0.3, -0.25) is 0 Å². The zero-order valence-electron chi connectivity index (χ0n) is 12.5. The van der Waals surface area contributed by atoms with Gasteiger partial charge in [0.15, 0.2) is 0 Å². The number of ether oxygens (including phenoxy) is 1. The SMILES string of the molecule is Cc1cc(CC(C)N)cnc1N1CCOC2CCCC21. The van der Waals surface area contributed by atoms with Crippen LogP contribution in [0.15, 0.2) is 12.3 Å². The van der Waals surface area contributed by atoms with E-state index in [1.165, 1.54) is 30.4 Å². The molecule has 0 bridgehead atoms. The number of rotatable bonds is 3. The molecule has 0 radical (unpaired) electrons. The number of pyridine rings is 1. The van der Waals surface area contributed by atoms with Gasteiger partial charge in [0, 0.05) is 18.8 Å². The quantitative estimate of drug-likeness (QED) is 0.917. The first-order valence-electron chi connectivity index (χ1n) is 7.74. The maximum atomic E-state index is 5.88. The highest BCUT2D eigenvalue weighted by molar-refractivity contribution is 5.49. The standard InChI is InChI=1S/C16H25N3O/c1-11-8-13(9-12(2)17)10-18-16(11)19-6-7-20-15-5-3-4-14(15)19/h8,10,12,14-15H,3-7,9,17H2,1-2H3. The van der Waals surface area contributed by atoms with Crippen molar-refractivity contribution in [1.29, 1.82) is 0 Å². The number of nitrogens with zero attached hydrogens (tertiary/aromatic N) is 2. The van der Waals surface area contributed by atoms with Crippen LogP contribution in [0.4, 0.5) is 5.82 Å². The molecule has 4 nitrogen and oxygen atoms in total. The van der Waals surface area contributed by atoms with Crippen molar-refractivity contribution in [3.63, 3.8) is 0 Å². The van der Waals surface area contributed by atoms with Crippen LogP contribution >= 0.6 is 0 Å². The van der Waals surface area contributed by atoms with Crippen LogP contribution in [0.25, 0.3) is 0 Å². The number of aryl methyl sites for hydroxylation is 1. The van der Waals surface area contributed by atoms with Crippen LogP contribution in [0.2, 0.25) is 0 Å². The molecule has 3 atom stereocenters. The summed E-state index contributed by atoms with van der Waals surface area (Å²) in [5.74, 6) is 1.14. The van der Waals surface area contributed by atoms with Crippen LogP contribution < -0.4 is 10.6 Å². The van der Waals surface area contributed by atoms with Gasteiger partial charge in [0.05, 0.1) is 18.8 Å². The van der Waals surface area contributed by atoms with E-state index >= 15 is 0 Å². The van der Waals surface area contributed by atoms with Crippen molar-refractivity contribution in [3.05, 3.63) is 23.4 Å². The van der Waals surface area contributed by atoms with Gasteiger partial charge >= 0.3 is 0 Å². The van der Waals surface area contributed by atoms with E-state index < -0.39 is 0 Å². The minimum absolute atomic E-state index is 0.185. The van der Waals surface area contributed by atoms with Crippen molar-refractivity contribution in [2.75, 3.05) is 18.1 Å². The Morgan fingerprint density at radius 2 is 2.35 bits per heavy atom. The van der Waals surface area contributed by atoms with Gasteiger partial charge < -0.3 is 15.4 Å². The van der Waals surface area contributed by atoms with Crippen molar-refractivity contribution in [1.82, 2.24) is 4.98 Å². The highest BCUT2D eigenvalue weighted by Gasteiger charge is 2.37.